The van der Waals surface area contributed by atoms with Crippen molar-refractivity contribution < 1.29 is 33.2 Å². The normalized spacial score (nSPS) is 22.8. The van der Waals surface area contributed by atoms with Crippen LogP contribution in [0, 0.1) is 0 Å². The van der Waals surface area contributed by atoms with Crippen molar-refractivity contribution in [2.75, 3.05) is 41.7 Å². The van der Waals surface area contributed by atoms with E-state index >= 15 is 0 Å². The Morgan fingerprint density at radius 1 is 1.00 bits per heavy atom. The summed E-state index contributed by atoms with van der Waals surface area (Å²) < 4.78 is 35.1. The molecule has 4 aliphatic rings. The smallest absolute Gasteiger partial charge is 0.342 e. The molecule has 2 aromatic rings. The minimum absolute atomic E-state index is 0.114. The van der Waals surface area contributed by atoms with Gasteiger partial charge in [-0.3, -0.25) is 9.88 Å². The Balaban J connectivity index is 1.58. The maximum Gasteiger partial charge on any atom is 0.342 e. The van der Waals surface area contributed by atoms with Crippen molar-refractivity contribution >= 4 is 5.97 Å². The number of hydrogen-bond acceptors (Lipinski definition) is 9. The van der Waals surface area contributed by atoms with Crippen molar-refractivity contribution in [1.29, 1.82) is 0 Å². The van der Waals surface area contributed by atoms with Gasteiger partial charge in [-0.25, -0.2) is 4.79 Å². The molecule has 3 aliphatic heterocycles. The number of fused-ring (bicyclic) bond motifs is 2. The molecule has 0 saturated heterocycles. The summed E-state index contributed by atoms with van der Waals surface area (Å²) in [5.74, 6) is 2.59. The molecule has 4 heterocycles. The summed E-state index contributed by atoms with van der Waals surface area (Å²) in [6.45, 7) is 0.883. The van der Waals surface area contributed by atoms with Gasteiger partial charge >= 0.3 is 5.97 Å². The number of aromatic nitrogens is 1. The maximum absolute atomic E-state index is 13.2. The number of carbonyl (C=O) groups is 1. The topological polar surface area (TPSA) is 88.6 Å². The Bertz CT molecular complexity index is 1300. The predicted molar refractivity (Wildman–Crippen MR) is 129 cm³/mol. The predicted octanol–water partition coefficient (Wildman–Crippen LogP) is 3.54. The van der Waals surface area contributed by atoms with E-state index in [-0.39, 0.29) is 12.8 Å². The number of rotatable bonds is 5. The fourth-order valence-corrected chi connectivity index (χ4v) is 5.98. The zero-order valence-electron chi connectivity index (χ0n) is 20.8. The highest BCUT2D eigenvalue weighted by Gasteiger charge is 2.49. The van der Waals surface area contributed by atoms with E-state index < -0.39 is 12.1 Å². The minimum atomic E-state index is -0.500. The highest BCUT2D eigenvalue weighted by molar-refractivity contribution is 5.97. The van der Waals surface area contributed by atoms with Gasteiger partial charge in [0, 0.05) is 36.5 Å². The molecule has 1 aromatic heterocycles. The van der Waals surface area contributed by atoms with Crippen LogP contribution in [0.1, 0.15) is 30.0 Å². The van der Waals surface area contributed by atoms with E-state index in [1.54, 1.807) is 33.7 Å². The van der Waals surface area contributed by atoms with Crippen LogP contribution in [0.2, 0.25) is 0 Å². The molecule has 2 atom stereocenters. The number of pyridine rings is 1. The van der Waals surface area contributed by atoms with Gasteiger partial charge in [-0.15, -0.1) is 0 Å². The zero-order chi connectivity index (χ0) is 25.0. The Hall–Kier alpha value is -3.72. The Morgan fingerprint density at radius 3 is 2.50 bits per heavy atom. The first-order valence-electron chi connectivity index (χ1n) is 12.0. The molecule has 0 N–H and O–H groups in total. The van der Waals surface area contributed by atoms with Crippen molar-refractivity contribution in [3.05, 3.63) is 58.3 Å². The number of carbonyl (C=O) groups excluding carboxylic acids is 1. The summed E-state index contributed by atoms with van der Waals surface area (Å²) in [4.78, 5) is 19.6. The van der Waals surface area contributed by atoms with Gasteiger partial charge in [0.25, 0.3) is 0 Å². The molecule has 1 aromatic carbocycles. The van der Waals surface area contributed by atoms with Crippen LogP contribution in [-0.4, -0.2) is 63.7 Å². The molecule has 6 rings (SSSR count). The first-order chi connectivity index (χ1) is 17.6. The summed E-state index contributed by atoms with van der Waals surface area (Å²) >= 11 is 0. The molecular formula is C27H28N2O7. The van der Waals surface area contributed by atoms with E-state index in [0.717, 1.165) is 40.8 Å². The van der Waals surface area contributed by atoms with Gasteiger partial charge in [-0.1, -0.05) is 0 Å². The lowest BCUT2D eigenvalue weighted by Gasteiger charge is -2.40. The van der Waals surface area contributed by atoms with Crippen molar-refractivity contribution in [2.24, 2.45) is 0 Å². The number of likely N-dealkylation sites (N-methyl/N-ethyl adjacent to an activating group) is 1. The van der Waals surface area contributed by atoms with E-state index in [1.807, 2.05) is 19.2 Å². The van der Waals surface area contributed by atoms with Crippen molar-refractivity contribution in [3.63, 3.8) is 0 Å². The highest BCUT2D eigenvalue weighted by Crippen LogP contribution is 2.57. The average molecular weight is 493 g/mol. The second-order valence-electron chi connectivity index (χ2n) is 9.16. The van der Waals surface area contributed by atoms with E-state index in [2.05, 4.69) is 9.88 Å². The summed E-state index contributed by atoms with van der Waals surface area (Å²) in [7, 11) is 6.83. The lowest BCUT2D eigenvalue weighted by Crippen LogP contribution is -2.41. The molecular weight excluding hydrogens is 464 g/mol. The molecule has 0 spiro atoms. The first kappa shape index (κ1) is 22.7. The summed E-state index contributed by atoms with van der Waals surface area (Å²) in [6, 6.07) is 3.66. The van der Waals surface area contributed by atoms with Crippen molar-refractivity contribution in [2.45, 2.75) is 31.4 Å². The second kappa shape index (κ2) is 8.74. The largest absolute Gasteiger partial charge is 0.497 e. The van der Waals surface area contributed by atoms with Crippen LogP contribution in [0.25, 0.3) is 11.1 Å². The first-order valence-corrected chi connectivity index (χ1v) is 12.0. The van der Waals surface area contributed by atoms with Crippen LogP contribution in [0.4, 0.5) is 0 Å². The zero-order valence-corrected chi connectivity index (χ0v) is 20.8. The molecule has 0 fully saturated rings. The molecule has 0 amide bonds. The second-order valence-corrected chi connectivity index (χ2v) is 9.16. The number of allylic oxidation sites excluding steroid dienone is 1. The van der Waals surface area contributed by atoms with E-state index in [4.69, 9.17) is 28.4 Å². The standard InChI is InChI=1S/C27H28N2O7/c1-29-12-9-15-18(14-7-10-28-11-8-14)25-26(35-13-34-25)24(33-4)19(15)21(29)22-16-5-6-17(31-2)23(32-3)20(16)27(30)36-22/h7-8,10-11,21-22H,5-6,9,12-13H2,1-4H3. The lowest BCUT2D eigenvalue weighted by molar-refractivity contribution is -0.142. The summed E-state index contributed by atoms with van der Waals surface area (Å²) in [5.41, 5.74) is 5.41. The number of hydrogen-bond donors (Lipinski definition) is 0. The van der Waals surface area contributed by atoms with Gasteiger partial charge in [0.15, 0.2) is 17.3 Å². The number of methoxy groups -OCH3 is 3. The van der Waals surface area contributed by atoms with Gasteiger partial charge in [-0.2, -0.15) is 0 Å². The average Bonchev–Trinajstić information content (AvgIpc) is 3.52. The fourth-order valence-electron chi connectivity index (χ4n) is 5.98. The monoisotopic (exact) mass is 492 g/mol. The van der Waals surface area contributed by atoms with Crippen LogP contribution >= 0.6 is 0 Å². The molecule has 1 aliphatic carbocycles. The Labute approximate surface area is 209 Å². The molecule has 188 valence electrons. The molecule has 0 radical (unpaired) electrons. The van der Waals surface area contributed by atoms with Gasteiger partial charge in [0.2, 0.25) is 12.5 Å². The lowest BCUT2D eigenvalue weighted by atomic mass is 9.80. The molecule has 0 bridgehead atoms. The Kier molecular flexibility index (Phi) is 5.52. The third-order valence-corrected chi connectivity index (χ3v) is 7.52. The molecule has 36 heavy (non-hydrogen) atoms. The fraction of sp³-hybridized carbons (Fsp3) is 0.407. The molecule has 0 saturated carbocycles. The summed E-state index contributed by atoms with van der Waals surface area (Å²) in [6.07, 6.45) is 5.09. The van der Waals surface area contributed by atoms with Crippen molar-refractivity contribution in [1.82, 2.24) is 9.88 Å². The molecule has 2 unspecified atom stereocenters. The highest BCUT2D eigenvalue weighted by atomic mass is 16.7. The van der Waals surface area contributed by atoms with Crippen LogP contribution in [0.5, 0.6) is 17.2 Å². The quantitative estimate of drug-likeness (QED) is 0.582. The third-order valence-electron chi connectivity index (χ3n) is 7.52. The third kappa shape index (κ3) is 3.19. The van der Waals surface area contributed by atoms with Gasteiger partial charge in [0.1, 0.15) is 17.4 Å². The summed E-state index contributed by atoms with van der Waals surface area (Å²) in [5, 5.41) is 0. The number of nitrogens with zero attached hydrogens (tertiary/aromatic N) is 2. The van der Waals surface area contributed by atoms with E-state index in [1.165, 1.54) is 0 Å². The molecule has 9 heteroatoms. The SMILES string of the molecule is COC1=C(OC)C2=C(CC1)C(C1c3c(c(-c4ccncc4)c4c(c3OC)OCO4)CCN1C)OC2=O. The number of ether oxygens (including phenoxy) is 6. The van der Waals surface area contributed by atoms with Crippen molar-refractivity contribution in [3.8, 4) is 28.4 Å². The van der Waals surface area contributed by atoms with Crippen LogP contribution < -0.4 is 14.2 Å². The van der Waals surface area contributed by atoms with Crippen LogP contribution in [0.15, 0.2) is 47.2 Å². The number of esters is 1. The van der Waals surface area contributed by atoms with Gasteiger partial charge in [0.05, 0.1) is 27.4 Å². The number of cyclic esters (lactones) is 1. The van der Waals surface area contributed by atoms with Crippen LogP contribution in [-0.2, 0) is 25.4 Å². The number of benzene rings is 1. The van der Waals surface area contributed by atoms with E-state index in [9.17, 15) is 4.79 Å². The maximum atomic E-state index is 13.2. The minimum Gasteiger partial charge on any atom is -0.497 e. The van der Waals surface area contributed by atoms with Gasteiger partial charge < -0.3 is 28.4 Å². The van der Waals surface area contributed by atoms with E-state index in [0.29, 0.717) is 47.2 Å². The molecule has 9 nitrogen and oxygen atoms in total. The Morgan fingerprint density at radius 2 is 1.78 bits per heavy atom. The van der Waals surface area contributed by atoms with Crippen LogP contribution in [0.3, 0.4) is 0 Å². The van der Waals surface area contributed by atoms with Gasteiger partial charge in [-0.05, 0) is 48.7 Å².